The van der Waals surface area contributed by atoms with Crippen molar-refractivity contribution in [2.45, 2.75) is 5.88 Å². The Morgan fingerprint density at radius 2 is 2.25 bits per heavy atom. The maximum atomic E-state index is 12.7. The van der Waals surface area contributed by atoms with E-state index >= 15 is 0 Å². The SMILES string of the molecule is O=c1cc(CCl)nc(-c2ccc(F)cn2)[nH]1. The summed E-state index contributed by atoms with van der Waals surface area (Å²) in [7, 11) is 0. The van der Waals surface area contributed by atoms with E-state index < -0.39 is 5.82 Å². The molecule has 0 radical (unpaired) electrons. The van der Waals surface area contributed by atoms with Crippen LogP contribution in [0.1, 0.15) is 5.69 Å². The Hall–Kier alpha value is -1.75. The molecule has 2 aromatic rings. The third-order valence-corrected chi connectivity index (χ3v) is 2.18. The number of nitrogens with zero attached hydrogens (tertiary/aromatic N) is 2. The van der Waals surface area contributed by atoms with Crippen molar-refractivity contribution in [3.63, 3.8) is 0 Å². The Labute approximate surface area is 95.1 Å². The van der Waals surface area contributed by atoms with Gasteiger partial charge in [0.2, 0.25) is 0 Å². The summed E-state index contributed by atoms with van der Waals surface area (Å²) in [6.45, 7) is 0. The molecule has 0 saturated heterocycles. The van der Waals surface area contributed by atoms with Crippen LogP contribution in [0.4, 0.5) is 4.39 Å². The highest BCUT2D eigenvalue weighted by Crippen LogP contribution is 2.11. The highest BCUT2D eigenvalue weighted by Gasteiger charge is 2.04. The van der Waals surface area contributed by atoms with Crippen LogP contribution in [0.15, 0.2) is 29.2 Å². The fourth-order valence-corrected chi connectivity index (χ4v) is 1.35. The second kappa shape index (κ2) is 4.40. The van der Waals surface area contributed by atoms with Gasteiger partial charge in [-0.25, -0.2) is 14.4 Å². The minimum Gasteiger partial charge on any atom is -0.305 e. The van der Waals surface area contributed by atoms with E-state index in [1.165, 1.54) is 18.2 Å². The second-order valence-electron chi connectivity index (χ2n) is 3.08. The number of aromatic nitrogens is 3. The normalized spacial score (nSPS) is 10.4. The number of halogens is 2. The molecule has 2 heterocycles. The summed E-state index contributed by atoms with van der Waals surface area (Å²) in [6.07, 6.45) is 1.06. The van der Waals surface area contributed by atoms with Gasteiger partial charge in [0.05, 0.1) is 17.8 Å². The van der Waals surface area contributed by atoms with Crippen molar-refractivity contribution in [1.82, 2.24) is 15.0 Å². The maximum absolute atomic E-state index is 12.7. The number of aromatic amines is 1. The Morgan fingerprint density at radius 1 is 1.44 bits per heavy atom. The summed E-state index contributed by atoms with van der Waals surface area (Å²) in [4.78, 5) is 21.7. The summed E-state index contributed by atoms with van der Waals surface area (Å²) < 4.78 is 12.7. The average molecular weight is 240 g/mol. The van der Waals surface area contributed by atoms with Crippen molar-refractivity contribution < 1.29 is 4.39 Å². The Balaban J connectivity index is 2.51. The number of hydrogen-bond acceptors (Lipinski definition) is 3. The van der Waals surface area contributed by atoms with Gasteiger partial charge < -0.3 is 4.98 Å². The molecule has 4 nitrogen and oxygen atoms in total. The van der Waals surface area contributed by atoms with Gasteiger partial charge in [-0.15, -0.1) is 11.6 Å². The summed E-state index contributed by atoms with van der Waals surface area (Å²) in [5.74, 6) is -0.0271. The van der Waals surface area contributed by atoms with Crippen molar-refractivity contribution >= 4 is 11.6 Å². The van der Waals surface area contributed by atoms with Crippen LogP contribution >= 0.6 is 11.6 Å². The van der Waals surface area contributed by atoms with Gasteiger partial charge in [-0.1, -0.05) is 0 Å². The zero-order chi connectivity index (χ0) is 11.5. The zero-order valence-corrected chi connectivity index (χ0v) is 8.83. The summed E-state index contributed by atoms with van der Waals surface area (Å²) in [5, 5.41) is 0. The van der Waals surface area contributed by atoms with Crippen LogP contribution in [0, 0.1) is 5.82 Å². The molecule has 0 aliphatic heterocycles. The Bertz CT molecular complexity index is 553. The molecule has 0 saturated carbocycles. The first-order valence-electron chi connectivity index (χ1n) is 4.47. The van der Waals surface area contributed by atoms with E-state index in [0.717, 1.165) is 6.20 Å². The smallest absolute Gasteiger partial charge is 0.251 e. The van der Waals surface area contributed by atoms with Gasteiger partial charge in [0.15, 0.2) is 5.82 Å². The number of pyridine rings is 1. The maximum Gasteiger partial charge on any atom is 0.251 e. The number of rotatable bonds is 2. The van der Waals surface area contributed by atoms with E-state index in [1.807, 2.05) is 0 Å². The monoisotopic (exact) mass is 239 g/mol. The number of hydrogen-bond donors (Lipinski definition) is 1. The van der Waals surface area contributed by atoms with Crippen molar-refractivity contribution in [2.24, 2.45) is 0 Å². The Morgan fingerprint density at radius 3 is 2.88 bits per heavy atom. The minimum absolute atomic E-state index is 0.137. The second-order valence-corrected chi connectivity index (χ2v) is 3.35. The van der Waals surface area contributed by atoms with Crippen molar-refractivity contribution in [2.75, 3.05) is 0 Å². The van der Waals surface area contributed by atoms with E-state index in [2.05, 4.69) is 15.0 Å². The van der Waals surface area contributed by atoms with Gasteiger partial charge in [0.1, 0.15) is 11.5 Å². The molecular formula is C10H7ClFN3O. The zero-order valence-electron chi connectivity index (χ0n) is 8.08. The van der Waals surface area contributed by atoms with Gasteiger partial charge in [-0.05, 0) is 12.1 Å². The van der Waals surface area contributed by atoms with E-state index in [0.29, 0.717) is 11.4 Å². The van der Waals surface area contributed by atoms with E-state index in [-0.39, 0.29) is 17.3 Å². The molecule has 1 N–H and O–H groups in total. The van der Waals surface area contributed by atoms with Gasteiger partial charge >= 0.3 is 0 Å². The lowest BCUT2D eigenvalue weighted by Gasteiger charge is -2.01. The molecule has 2 aromatic heterocycles. The van der Waals surface area contributed by atoms with Crippen molar-refractivity contribution in [1.29, 1.82) is 0 Å². The molecule has 0 aliphatic carbocycles. The number of H-pyrrole nitrogens is 1. The molecule has 0 amide bonds. The summed E-state index contributed by atoms with van der Waals surface area (Å²) in [5.41, 5.74) is 0.531. The fourth-order valence-electron chi connectivity index (χ4n) is 1.21. The minimum atomic E-state index is -0.445. The standard InChI is InChI=1S/C10H7ClFN3O/c11-4-7-3-9(16)15-10(14-7)8-2-1-6(12)5-13-8/h1-3,5H,4H2,(H,14,15,16). The van der Waals surface area contributed by atoms with Crippen LogP contribution < -0.4 is 5.56 Å². The molecule has 0 atom stereocenters. The van der Waals surface area contributed by atoms with Gasteiger partial charge in [0, 0.05) is 6.07 Å². The van der Waals surface area contributed by atoms with Crippen molar-refractivity contribution in [3.05, 3.63) is 46.3 Å². The molecular weight excluding hydrogens is 233 g/mol. The highest BCUT2D eigenvalue weighted by atomic mass is 35.5. The fraction of sp³-hybridized carbons (Fsp3) is 0.100. The van der Waals surface area contributed by atoms with Crippen LogP contribution in [-0.4, -0.2) is 15.0 Å². The predicted octanol–water partition coefficient (Wildman–Crippen LogP) is 1.71. The van der Waals surface area contributed by atoms with E-state index in [4.69, 9.17) is 11.6 Å². The van der Waals surface area contributed by atoms with Gasteiger partial charge in [-0.2, -0.15) is 0 Å². The first kappa shape index (κ1) is 10.8. The largest absolute Gasteiger partial charge is 0.305 e. The highest BCUT2D eigenvalue weighted by molar-refractivity contribution is 6.16. The molecule has 0 aliphatic rings. The van der Waals surface area contributed by atoms with Crippen LogP contribution in [0.2, 0.25) is 0 Å². The molecule has 0 aromatic carbocycles. The van der Waals surface area contributed by atoms with Crippen molar-refractivity contribution in [3.8, 4) is 11.5 Å². The topological polar surface area (TPSA) is 58.6 Å². The lowest BCUT2D eigenvalue weighted by atomic mass is 10.3. The molecule has 82 valence electrons. The molecule has 6 heteroatoms. The predicted molar refractivity (Wildman–Crippen MR) is 57.6 cm³/mol. The molecule has 0 unspecified atom stereocenters. The lowest BCUT2D eigenvalue weighted by molar-refractivity contribution is 0.621. The molecule has 0 spiro atoms. The quantitative estimate of drug-likeness (QED) is 0.812. The third-order valence-electron chi connectivity index (χ3n) is 1.90. The van der Waals surface area contributed by atoms with Crippen LogP contribution in [0.3, 0.4) is 0 Å². The molecule has 0 bridgehead atoms. The molecule has 16 heavy (non-hydrogen) atoms. The summed E-state index contributed by atoms with van der Waals surface area (Å²) >= 11 is 5.59. The lowest BCUT2D eigenvalue weighted by Crippen LogP contribution is -2.10. The number of nitrogens with one attached hydrogen (secondary N) is 1. The average Bonchev–Trinajstić information content (AvgIpc) is 2.29. The van der Waals surface area contributed by atoms with Crippen LogP contribution in [0.5, 0.6) is 0 Å². The number of alkyl halides is 1. The molecule has 0 fully saturated rings. The van der Waals surface area contributed by atoms with E-state index in [9.17, 15) is 9.18 Å². The third kappa shape index (κ3) is 2.25. The Kier molecular flexibility index (Phi) is 2.96. The first-order valence-corrected chi connectivity index (χ1v) is 5.00. The molecule has 2 rings (SSSR count). The first-order chi connectivity index (χ1) is 7.69. The van der Waals surface area contributed by atoms with E-state index in [1.54, 1.807) is 0 Å². The van der Waals surface area contributed by atoms with Crippen LogP contribution in [-0.2, 0) is 5.88 Å². The van der Waals surface area contributed by atoms with Gasteiger partial charge in [-0.3, -0.25) is 4.79 Å². The van der Waals surface area contributed by atoms with Crippen LogP contribution in [0.25, 0.3) is 11.5 Å². The summed E-state index contributed by atoms with van der Waals surface area (Å²) in [6, 6.07) is 3.99. The van der Waals surface area contributed by atoms with Gasteiger partial charge in [0.25, 0.3) is 5.56 Å².